The average molecular weight is 338 g/mol. The maximum atomic E-state index is 11.7. The first kappa shape index (κ1) is 17.8. The highest BCUT2D eigenvalue weighted by Crippen LogP contribution is 2.31. The third-order valence-corrected chi connectivity index (χ3v) is 5.35. The van der Waals surface area contributed by atoms with E-state index in [4.69, 9.17) is 0 Å². The number of carbonyl (C=O) groups excluding carboxylic acids is 1. The van der Waals surface area contributed by atoms with Crippen LogP contribution in [0, 0.1) is 11.8 Å². The van der Waals surface area contributed by atoms with Crippen LogP contribution in [0.3, 0.4) is 0 Å². The summed E-state index contributed by atoms with van der Waals surface area (Å²) in [5, 5.41) is 23.0. The van der Waals surface area contributed by atoms with Crippen LogP contribution in [0.25, 0.3) is 10.8 Å². The molecule has 1 aliphatic carbocycles. The Labute approximate surface area is 149 Å². The van der Waals surface area contributed by atoms with Gasteiger partial charge in [0.05, 0.1) is 11.7 Å². The van der Waals surface area contributed by atoms with Gasteiger partial charge in [0, 0.05) is 18.3 Å². The lowest BCUT2D eigenvalue weighted by molar-refractivity contribution is -0.120. The van der Waals surface area contributed by atoms with Gasteiger partial charge in [0.25, 0.3) is 0 Å². The molecule has 132 valence electrons. The first-order valence-electron chi connectivity index (χ1n) is 8.96. The molecule has 0 bridgehead atoms. The molecule has 2 aromatic rings. The van der Waals surface area contributed by atoms with Gasteiger partial charge < -0.3 is 10.2 Å². The van der Waals surface area contributed by atoms with Crippen LogP contribution < -0.4 is 0 Å². The van der Waals surface area contributed by atoms with Crippen LogP contribution in [0.4, 0.5) is 0 Å². The molecule has 1 aliphatic rings. The van der Waals surface area contributed by atoms with Crippen LogP contribution in [0.2, 0.25) is 0 Å². The zero-order valence-electron chi connectivity index (χ0n) is 14.9. The summed E-state index contributed by atoms with van der Waals surface area (Å²) in [7, 11) is 0. The third-order valence-electron chi connectivity index (χ3n) is 5.35. The van der Waals surface area contributed by atoms with E-state index in [1.165, 1.54) is 16.3 Å². The Morgan fingerprint density at radius 1 is 1.20 bits per heavy atom. The molecule has 0 radical (unpaired) electrons. The van der Waals surface area contributed by atoms with E-state index < -0.39 is 11.7 Å². The Bertz CT molecular complexity index is 791. The van der Waals surface area contributed by atoms with Crippen molar-refractivity contribution in [1.29, 1.82) is 0 Å². The van der Waals surface area contributed by atoms with Gasteiger partial charge >= 0.3 is 0 Å². The highest BCUT2D eigenvalue weighted by Gasteiger charge is 2.37. The van der Waals surface area contributed by atoms with Gasteiger partial charge in [-0.3, -0.25) is 4.79 Å². The van der Waals surface area contributed by atoms with E-state index in [2.05, 4.69) is 30.3 Å². The van der Waals surface area contributed by atoms with E-state index in [1.807, 2.05) is 25.1 Å². The van der Waals surface area contributed by atoms with Gasteiger partial charge in [-0.25, -0.2) is 0 Å². The maximum absolute atomic E-state index is 11.7. The number of Topliss-reactive ketones (excluding diaryl/α,β-unsaturated/α-hetero) is 1. The van der Waals surface area contributed by atoms with Gasteiger partial charge in [-0.2, -0.15) is 0 Å². The molecule has 1 fully saturated rings. The van der Waals surface area contributed by atoms with Crippen molar-refractivity contribution in [2.45, 2.75) is 44.8 Å². The van der Waals surface area contributed by atoms with Gasteiger partial charge in [-0.05, 0) is 36.1 Å². The SMILES string of the molecule is C[C@H]1C(=O)C[C@@H](O)[C@@H]1/C=C/C(C)(O)CCc1ccc2ccccc2c1. The van der Waals surface area contributed by atoms with Crippen molar-refractivity contribution >= 4 is 16.6 Å². The van der Waals surface area contributed by atoms with E-state index in [0.717, 1.165) is 6.42 Å². The second-order valence-electron chi connectivity index (χ2n) is 7.50. The molecule has 1 saturated carbocycles. The number of benzene rings is 2. The van der Waals surface area contributed by atoms with E-state index in [1.54, 1.807) is 13.0 Å². The van der Waals surface area contributed by atoms with Crippen LogP contribution in [0.5, 0.6) is 0 Å². The van der Waals surface area contributed by atoms with Gasteiger partial charge in [0.15, 0.2) is 0 Å². The zero-order valence-corrected chi connectivity index (χ0v) is 14.9. The second-order valence-corrected chi connectivity index (χ2v) is 7.50. The molecule has 1 unspecified atom stereocenters. The molecule has 0 aromatic heterocycles. The fourth-order valence-electron chi connectivity index (χ4n) is 3.56. The monoisotopic (exact) mass is 338 g/mol. The number of carbonyl (C=O) groups is 1. The number of aliphatic hydroxyl groups excluding tert-OH is 1. The molecule has 3 nitrogen and oxygen atoms in total. The lowest BCUT2D eigenvalue weighted by atomic mass is 9.90. The highest BCUT2D eigenvalue weighted by atomic mass is 16.3. The third kappa shape index (κ3) is 4.17. The molecule has 2 N–H and O–H groups in total. The summed E-state index contributed by atoms with van der Waals surface area (Å²) in [4.78, 5) is 11.7. The summed E-state index contributed by atoms with van der Waals surface area (Å²) >= 11 is 0. The topological polar surface area (TPSA) is 57.5 Å². The lowest BCUT2D eigenvalue weighted by Crippen LogP contribution is -2.23. The normalized spacial score (nSPS) is 26.4. The Morgan fingerprint density at radius 2 is 1.92 bits per heavy atom. The van der Waals surface area contributed by atoms with Gasteiger partial charge in [-0.1, -0.05) is 61.5 Å². The van der Waals surface area contributed by atoms with Crippen molar-refractivity contribution in [3.63, 3.8) is 0 Å². The molecule has 0 spiro atoms. The smallest absolute Gasteiger partial charge is 0.138 e. The molecule has 4 atom stereocenters. The standard InChI is InChI=1S/C22H26O3/c1-15-19(21(24)14-20(15)23)10-12-22(2,25)11-9-16-7-8-17-5-3-4-6-18(17)13-16/h3-8,10,12-13,15,19,21,24-25H,9,11,14H2,1-2H3/b12-10+/t15-,19-,21-,22?/m1/s1. The molecule has 0 amide bonds. The summed E-state index contributed by atoms with van der Waals surface area (Å²) < 4.78 is 0. The molecule has 0 heterocycles. The summed E-state index contributed by atoms with van der Waals surface area (Å²) in [6, 6.07) is 14.6. The van der Waals surface area contributed by atoms with Crippen LogP contribution in [0.15, 0.2) is 54.6 Å². The minimum atomic E-state index is -0.962. The van der Waals surface area contributed by atoms with Gasteiger partial charge in [0.2, 0.25) is 0 Å². The Hall–Kier alpha value is -1.97. The van der Waals surface area contributed by atoms with Crippen molar-refractivity contribution in [2.75, 3.05) is 0 Å². The molecule has 3 rings (SSSR count). The Kier molecular flexibility index (Phi) is 5.07. The first-order chi connectivity index (χ1) is 11.9. The van der Waals surface area contributed by atoms with Crippen LogP contribution in [-0.4, -0.2) is 27.7 Å². The van der Waals surface area contributed by atoms with Crippen LogP contribution in [0.1, 0.15) is 32.3 Å². The number of hydrogen-bond donors (Lipinski definition) is 2. The van der Waals surface area contributed by atoms with Gasteiger partial charge in [-0.15, -0.1) is 0 Å². The Morgan fingerprint density at radius 3 is 2.60 bits per heavy atom. The minimum absolute atomic E-state index is 0.0953. The molecule has 3 heteroatoms. The van der Waals surface area contributed by atoms with E-state index in [0.29, 0.717) is 6.42 Å². The van der Waals surface area contributed by atoms with Crippen molar-refractivity contribution in [1.82, 2.24) is 0 Å². The lowest BCUT2D eigenvalue weighted by Gasteiger charge is -2.21. The number of hydrogen-bond acceptors (Lipinski definition) is 3. The number of rotatable bonds is 5. The summed E-state index contributed by atoms with van der Waals surface area (Å²) in [5.41, 5.74) is 0.230. The largest absolute Gasteiger partial charge is 0.392 e. The first-order valence-corrected chi connectivity index (χ1v) is 8.96. The van der Waals surface area contributed by atoms with Crippen molar-refractivity contribution in [3.8, 4) is 0 Å². The number of aryl methyl sites for hydroxylation is 1. The maximum Gasteiger partial charge on any atom is 0.138 e. The Balaban J connectivity index is 1.64. The quantitative estimate of drug-likeness (QED) is 0.818. The van der Waals surface area contributed by atoms with Crippen LogP contribution in [-0.2, 0) is 11.2 Å². The highest BCUT2D eigenvalue weighted by molar-refractivity contribution is 5.84. The fraction of sp³-hybridized carbons (Fsp3) is 0.409. The van der Waals surface area contributed by atoms with E-state index >= 15 is 0 Å². The second kappa shape index (κ2) is 7.11. The molecule has 0 saturated heterocycles. The molecule has 25 heavy (non-hydrogen) atoms. The molecule has 0 aliphatic heterocycles. The zero-order chi connectivity index (χ0) is 18.0. The average Bonchev–Trinajstić information content (AvgIpc) is 2.83. The summed E-state index contributed by atoms with van der Waals surface area (Å²) in [5.74, 6) is -0.278. The van der Waals surface area contributed by atoms with E-state index in [9.17, 15) is 15.0 Å². The van der Waals surface area contributed by atoms with Gasteiger partial charge in [0.1, 0.15) is 5.78 Å². The number of fused-ring (bicyclic) bond motifs is 1. The number of ketones is 1. The van der Waals surface area contributed by atoms with E-state index in [-0.39, 0.29) is 24.0 Å². The van der Waals surface area contributed by atoms with Crippen molar-refractivity contribution in [3.05, 3.63) is 60.2 Å². The number of aliphatic hydroxyl groups is 2. The predicted molar refractivity (Wildman–Crippen MR) is 100 cm³/mol. The molecular weight excluding hydrogens is 312 g/mol. The predicted octanol–water partition coefficient (Wildman–Crippen LogP) is 3.67. The minimum Gasteiger partial charge on any atom is -0.392 e. The van der Waals surface area contributed by atoms with Crippen LogP contribution >= 0.6 is 0 Å². The fourth-order valence-corrected chi connectivity index (χ4v) is 3.56. The van der Waals surface area contributed by atoms with Crippen molar-refractivity contribution in [2.24, 2.45) is 11.8 Å². The van der Waals surface area contributed by atoms with Crippen molar-refractivity contribution < 1.29 is 15.0 Å². The summed E-state index contributed by atoms with van der Waals surface area (Å²) in [6.45, 7) is 3.62. The molecule has 2 aromatic carbocycles. The molecular formula is C22H26O3. The summed E-state index contributed by atoms with van der Waals surface area (Å²) in [6.07, 6.45) is 4.51.